The van der Waals surface area contributed by atoms with Crippen LogP contribution in [0.3, 0.4) is 0 Å². The van der Waals surface area contributed by atoms with E-state index < -0.39 is 11.9 Å². The second-order valence-corrected chi connectivity index (χ2v) is 10.8. The fraction of sp³-hybridized carbons (Fsp3) is 0.481. The van der Waals surface area contributed by atoms with Crippen molar-refractivity contribution in [3.8, 4) is 0 Å². The second-order valence-electron chi connectivity index (χ2n) is 10.8. The highest BCUT2D eigenvalue weighted by atomic mass is 16.4. The molecule has 3 aromatic rings. The summed E-state index contributed by atoms with van der Waals surface area (Å²) in [5.74, 6) is 0.612. The molecule has 0 aromatic carbocycles. The number of rotatable bonds is 7. The average molecular weight is 459 g/mol. The molecule has 176 valence electrons. The third-order valence-electron chi connectivity index (χ3n) is 8.33. The van der Waals surface area contributed by atoms with Crippen LogP contribution in [0.25, 0.3) is 5.65 Å². The zero-order valence-corrected chi connectivity index (χ0v) is 19.2. The number of hydrogen-bond acceptors (Lipinski definition) is 4. The lowest BCUT2D eigenvalue weighted by atomic mass is 9.49. The molecule has 3 heterocycles. The van der Waals surface area contributed by atoms with E-state index in [1.165, 1.54) is 38.5 Å². The molecule has 3 aromatic heterocycles. The highest BCUT2D eigenvalue weighted by Crippen LogP contribution is 2.59. The predicted molar refractivity (Wildman–Crippen MR) is 126 cm³/mol. The highest BCUT2D eigenvalue weighted by Gasteiger charge is 2.50. The van der Waals surface area contributed by atoms with E-state index in [1.807, 2.05) is 12.1 Å². The topological polar surface area (TPSA) is 96.6 Å². The first-order chi connectivity index (χ1) is 16.5. The Morgan fingerprint density at radius 1 is 1.06 bits per heavy atom. The molecule has 0 saturated heterocycles. The molecule has 0 radical (unpaired) electrons. The van der Waals surface area contributed by atoms with E-state index in [9.17, 15) is 14.7 Å². The summed E-state index contributed by atoms with van der Waals surface area (Å²) in [6.07, 6.45) is 11.5. The number of pyridine rings is 2. The minimum absolute atomic E-state index is 0.123. The summed E-state index contributed by atoms with van der Waals surface area (Å²) in [5.41, 5.74) is 2.45. The number of aliphatic carboxylic acids is 1. The first-order valence-electron chi connectivity index (χ1n) is 12.4. The van der Waals surface area contributed by atoms with E-state index in [4.69, 9.17) is 0 Å². The first-order valence-corrected chi connectivity index (χ1v) is 12.4. The van der Waals surface area contributed by atoms with Gasteiger partial charge in [-0.3, -0.25) is 19.0 Å². The fourth-order valence-electron chi connectivity index (χ4n) is 7.29. The number of carbonyl (C=O) groups is 2. The van der Waals surface area contributed by atoms with Crippen LogP contribution in [-0.2, 0) is 11.2 Å². The predicted octanol–water partition coefficient (Wildman–Crippen LogP) is 4.09. The van der Waals surface area contributed by atoms with E-state index >= 15 is 0 Å². The van der Waals surface area contributed by atoms with E-state index in [1.54, 1.807) is 41.1 Å². The summed E-state index contributed by atoms with van der Waals surface area (Å²) in [7, 11) is 0. The van der Waals surface area contributed by atoms with E-state index in [0.717, 1.165) is 24.3 Å². The van der Waals surface area contributed by atoms with Crippen LogP contribution in [0.5, 0.6) is 0 Å². The summed E-state index contributed by atoms with van der Waals surface area (Å²) >= 11 is 0. The van der Waals surface area contributed by atoms with Crippen molar-refractivity contribution < 1.29 is 14.7 Å². The standard InChI is InChI=1S/C27H30N4O3/c32-25(29-16-27-12-17-8-18(13-27)10-19(9-17)14-27)23-5-3-6-24-30-22(15-31(23)24)21(26(33)34)11-20-4-1-2-7-28-20/h1-7,15,17-19,21H,8-14,16H2,(H,29,32)(H,33,34). The Morgan fingerprint density at radius 3 is 2.44 bits per heavy atom. The number of amides is 1. The number of nitrogens with zero attached hydrogens (tertiary/aromatic N) is 3. The molecule has 4 fully saturated rings. The lowest BCUT2D eigenvalue weighted by molar-refractivity contribution is -0.138. The molecule has 4 saturated carbocycles. The quantitative estimate of drug-likeness (QED) is 0.556. The Labute approximate surface area is 198 Å². The third-order valence-corrected chi connectivity index (χ3v) is 8.33. The van der Waals surface area contributed by atoms with Gasteiger partial charge in [0.05, 0.1) is 5.69 Å². The molecule has 7 nitrogen and oxygen atoms in total. The number of carboxylic acids is 1. The fourth-order valence-corrected chi connectivity index (χ4v) is 7.29. The van der Waals surface area contributed by atoms with Gasteiger partial charge in [0.25, 0.3) is 5.91 Å². The van der Waals surface area contributed by atoms with Gasteiger partial charge in [0.2, 0.25) is 0 Å². The Balaban J connectivity index is 1.23. The molecule has 34 heavy (non-hydrogen) atoms. The molecule has 1 atom stereocenters. The zero-order chi connectivity index (χ0) is 23.3. The molecule has 7 rings (SSSR count). The van der Waals surface area contributed by atoms with Gasteiger partial charge in [0.15, 0.2) is 0 Å². The van der Waals surface area contributed by atoms with Crippen LogP contribution in [-0.4, -0.2) is 37.9 Å². The van der Waals surface area contributed by atoms with Gasteiger partial charge in [-0.25, -0.2) is 4.98 Å². The Kier molecular flexibility index (Phi) is 5.15. The number of hydrogen-bond donors (Lipinski definition) is 2. The smallest absolute Gasteiger partial charge is 0.313 e. The Morgan fingerprint density at radius 2 is 1.79 bits per heavy atom. The average Bonchev–Trinajstić information content (AvgIpc) is 3.24. The molecule has 0 aliphatic heterocycles. The molecular formula is C27H30N4O3. The minimum atomic E-state index is -0.957. The lowest BCUT2D eigenvalue weighted by Crippen LogP contribution is -2.51. The number of aromatic nitrogens is 3. The molecule has 7 heteroatoms. The number of imidazole rings is 1. The minimum Gasteiger partial charge on any atom is -0.481 e. The Bertz CT molecular complexity index is 1200. The van der Waals surface area contributed by atoms with Crippen LogP contribution >= 0.6 is 0 Å². The summed E-state index contributed by atoms with van der Waals surface area (Å²) in [4.78, 5) is 34.1. The maximum Gasteiger partial charge on any atom is 0.313 e. The van der Waals surface area contributed by atoms with Crippen molar-refractivity contribution >= 4 is 17.5 Å². The number of carbonyl (C=O) groups excluding carboxylic acids is 1. The summed E-state index contributed by atoms with van der Waals surface area (Å²) in [6, 6.07) is 10.9. The molecule has 4 bridgehead atoms. The van der Waals surface area contributed by atoms with Gasteiger partial charge in [0.1, 0.15) is 17.3 Å². The molecule has 1 amide bonds. The molecular weight excluding hydrogens is 428 g/mol. The summed E-state index contributed by atoms with van der Waals surface area (Å²) in [6.45, 7) is 0.727. The summed E-state index contributed by atoms with van der Waals surface area (Å²) < 4.78 is 1.72. The highest BCUT2D eigenvalue weighted by molar-refractivity contribution is 5.93. The third kappa shape index (κ3) is 3.87. The van der Waals surface area contributed by atoms with Crippen LogP contribution in [0.15, 0.2) is 48.8 Å². The van der Waals surface area contributed by atoms with Crippen LogP contribution in [0.4, 0.5) is 0 Å². The molecule has 0 spiro atoms. The van der Waals surface area contributed by atoms with Gasteiger partial charge in [0, 0.05) is 31.1 Å². The number of carboxylic acid groups (broad SMARTS) is 1. The maximum absolute atomic E-state index is 13.3. The van der Waals surface area contributed by atoms with Gasteiger partial charge in [-0.2, -0.15) is 0 Å². The molecule has 2 N–H and O–H groups in total. The van der Waals surface area contributed by atoms with Crippen LogP contribution in [0.2, 0.25) is 0 Å². The van der Waals surface area contributed by atoms with Crippen molar-refractivity contribution in [2.75, 3.05) is 6.54 Å². The van der Waals surface area contributed by atoms with Crippen molar-refractivity contribution in [3.05, 3.63) is 65.9 Å². The number of fused-ring (bicyclic) bond motifs is 1. The SMILES string of the molecule is O=C(NCC12CC3CC(CC(C3)C1)C2)c1cccc2nc(C(Cc3ccccn3)C(=O)O)cn12. The normalized spacial score (nSPS) is 28.2. The molecule has 1 unspecified atom stereocenters. The monoisotopic (exact) mass is 458 g/mol. The van der Waals surface area contributed by atoms with Gasteiger partial charge >= 0.3 is 5.97 Å². The van der Waals surface area contributed by atoms with Crippen LogP contribution < -0.4 is 5.32 Å². The largest absolute Gasteiger partial charge is 0.481 e. The number of nitrogens with one attached hydrogen (secondary N) is 1. The van der Waals surface area contributed by atoms with E-state index in [2.05, 4.69) is 15.3 Å². The van der Waals surface area contributed by atoms with Crippen molar-refractivity contribution in [1.29, 1.82) is 0 Å². The second kappa shape index (κ2) is 8.22. The van der Waals surface area contributed by atoms with Crippen molar-refractivity contribution in [2.45, 2.75) is 50.9 Å². The van der Waals surface area contributed by atoms with Crippen molar-refractivity contribution in [3.63, 3.8) is 0 Å². The van der Waals surface area contributed by atoms with Crippen LogP contribution in [0, 0.1) is 23.2 Å². The van der Waals surface area contributed by atoms with Crippen molar-refractivity contribution in [2.24, 2.45) is 23.2 Å². The van der Waals surface area contributed by atoms with E-state index in [-0.39, 0.29) is 17.7 Å². The Hall–Kier alpha value is -3.22. The first kappa shape index (κ1) is 21.3. The lowest BCUT2D eigenvalue weighted by Gasteiger charge is -2.56. The molecule has 4 aliphatic rings. The van der Waals surface area contributed by atoms with Gasteiger partial charge in [-0.05, 0) is 86.0 Å². The zero-order valence-electron chi connectivity index (χ0n) is 19.2. The maximum atomic E-state index is 13.3. The van der Waals surface area contributed by atoms with Crippen LogP contribution in [0.1, 0.15) is 66.3 Å². The van der Waals surface area contributed by atoms with Gasteiger partial charge in [-0.15, -0.1) is 0 Å². The van der Waals surface area contributed by atoms with E-state index in [0.29, 0.717) is 22.7 Å². The van der Waals surface area contributed by atoms with Gasteiger partial charge < -0.3 is 10.4 Å². The van der Waals surface area contributed by atoms with Crippen molar-refractivity contribution in [1.82, 2.24) is 19.7 Å². The summed E-state index contributed by atoms with van der Waals surface area (Å²) in [5, 5.41) is 13.1. The molecule has 4 aliphatic carbocycles. The van der Waals surface area contributed by atoms with Gasteiger partial charge in [-0.1, -0.05) is 12.1 Å².